The molecule has 1 amide bonds. The molecule has 0 aromatic heterocycles. The second kappa shape index (κ2) is 5.33. The molecule has 4 unspecified atom stereocenters. The number of aryl methyl sites for hydroxylation is 2. The number of piperidine rings is 1. The van der Waals surface area contributed by atoms with E-state index < -0.39 is 0 Å². The monoisotopic (exact) mass is 260 g/mol. The zero-order valence-electron chi connectivity index (χ0n) is 12.2. The molecular weight excluding hydrogens is 236 g/mol. The van der Waals surface area contributed by atoms with Crippen LogP contribution in [0.5, 0.6) is 0 Å². The van der Waals surface area contributed by atoms with Gasteiger partial charge in [-0.25, -0.2) is 0 Å². The number of carbonyl (C=O) groups is 1. The molecule has 1 aromatic rings. The normalized spacial score (nSPS) is 31.2. The summed E-state index contributed by atoms with van der Waals surface area (Å²) in [6.07, 6.45) is 0.995. The number of nitrogens with two attached hydrogens (primary N) is 1. The van der Waals surface area contributed by atoms with Gasteiger partial charge in [0.25, 0.3) is 0 Å². The Kier molecular flexibility index (Phi) is 3.95. The van der Waals surface area contributed by atoms with Crippen molar-refractivity contribution in [1.29, 1.82) is 0 Å². The molecular formula is C16H24N2O. The fourth-order valence-electron chi connectivity index (χ4n) is 3.22. The molecule has 3 N–H and O–H groups in total. The molecule has 0 aliphatic carbocycles. The molecule has 4 atom stereocenters. The number of amides is 1. The fraction of sp³-hybridized carbons (Fsp3) is 0.562. The third-order valence-corrected chi connectivity index (χ3v) is 4.38. The summed E-state index contributed by atoms with van der Waals surface area (Å²) in [6, 6.07) is 6.86. The van der Waals surface area contributed by atoms with Gasteiger partial charge < -0.3 is 11.1 Å². The van der Waals surface area contributed by atoms with Crippen LogP contribution in [0.4, 0.5) is 0 Å². The van der Waals surface area contributed by atoms with E-state index in [1.807, 2.05) is 0 Å². The van der Waals surface area contributed by atoms with Crippen LogP contribution < -0.4 is 11.1 Å². The maximum absolute atomic E-state index is 11.8. The van der Waals surface area contributed by atoms with E-state index in [1.165, 1.54) is 16.7 Å². The first-order valence-electron chi connectivity index (χ1n) is 7.02. The van der Waals surface area contributed by atoms with Gasteiger partial charge in [0.15, 0.2) is 0 Å². The van der Waals surface area contributed by atoms with Crippen LogP contribution in [0.3, 0.4) is 0 Å². The second-order valence-corrected chi connectivity index (χ2v) is 6.03. The fourth-order valence-corrected chi connectivity index (χ4v) is 3.22. The van der Waals surface area contributed by atoms with Gasteiger partial charge in [-0.2, -0.15) is 0 Å². The summed E-state index contributed by atoms with van der Waals surface area (Å²) in [6.45, 7) is 8.50. The summed E-state index contributed by atoms with van der Waals surface area (Å²) in [5.74, 6) is -0.00575. The van der Waals surface area contributed by atoms with Gasteiger partial charge in [-0.3, -0.25) is 4.79 Å². The lowest BCUT2D eigenvalue weighted by atomic mass is 9.76. The highest BCUT2D eigenvalue weighted by Gasteiger charge is 2.38. The van der Waals surface area contributed by atoms with Crippen LogP contribution in [0.2, 0.25) is 0 Å². The summed E-state index contributed by atoms with van der Waals surface area (Å²) in [5.41, 5.74) is 9.32. The van der Waals surface area contributed by atoms with Crippen LogP contribution >= 0.6 is 0 Å². The lowest BCUT2D eigenvalue weighted by Crippen LogP contribution is -2.49. The highest BCUT2D eigenvalue weighted by atomic mass is 16.1. The smallest absolute Gasteiger partial charge is 0.222 e. The number of rotatable bonds is 2. The molecule has 1 aliphatic heterocycles. The van der Waals surface area contributed by atoms with Gasteiger partial charge in [0.05, 0.1) is 5.92 Å². The third kappa shape index (κ3) is 2.81. The first kappa shape index (κ1) is 14.1. The van der Waals surface area contributed by atoms with E-state index in [1.54, 1.807) is 0 Å². The predicted octanol–water partition coefficient (Wildman–Crippen LogP) is 2.46. The first-order chi connectivity index (χ1) is 8.90. The van der Waals surface area contributed by atoms with E-state index in [4.69, 9.17) is 5.73 Å². The van der Waals surface area contributed by atoms with Crippen LogP contribution in [0.1, 0.15) is 43.0 Å². The van der Waals surface area contributed by atoms with Crippen LogP contribution in [0.25, 0.3) is 0 Å². The minimum Gasteiger partial charge on any atom is -0.369 e. The molecule has 1 aromatic carbocycles. The van der Waals surface area contributed by atoms with E-state index in [9.17, 15) is 4.79 Å². The summed E-state index contributed by atoms with van der Waals surface area (Å²) < 4.78 is 0. The molecule has 0 spiro atoms. The van der Waals surface area contributed by atoms with Crippen LogP contribution in [0, 0.1) is 25.7 Å². The molecule has 0 bridgehead atoms. The number of carbonyl (C=O) groups excluding carboxylic acids is 1. The van der Waals surface area contributed by atoms with Gasteiger partial charge in [-0.05, 0) is 49.8 Å². The Morgan fingerprint density at radius 1 is 1.26 bits per heavy atom. The molecule has 3 nitrogen and oxygen atoms in total. The second-order valence-electron chi connectivity index (χ2n) is 6.03. The van der Waals surface area contributed by atoms with Crippen molar-refractivity contribution in [1.82, 2.24) is 5.32 Å². The maximum Gasteiger partial charge on any atom is 0.222 e. The van der Waals surface area contributed by atoms with Gasteiger partial charge in [-0.1, -0.05) is 25.1 Å². The quantitative estimate of drug-likeness (QED) is 0.858. The lowest BCUT2D eigenvalue weighted by Gasteiger charge is -2.39. The number of hydrogen-bond donors (Lipinski definition) is 2. The number of benzene rings is 1. The summed E-state index contributed by atoms with van der Waals surface area (Å²) in [5, 5.41) is 3.54. The molecule has 2 rings (SSSR count). The third-order valence-electron chi connectivity index (χ3n) is 4.38. The van der Waals surface area contributed by atoms with Crippen molar-refractivity contribution in [2.75, 3.05) is 0 Å². The molecule has 1 fully saturated rings. The molecule has 104 valence electrons. The molecule has 1 saturated heterocycles. The van der Waals surface area contributed by atoms with Crippen molar-refractivity contribution in [3.05, 3.63) is 34.9 Å². The molecule has 0 radical (unpaired) electrons. The van der Waals surface area contributed by atoms with Crippen molar-refractivity contribution in [3.8, 4) is 0 Å². The van der Waals surface area contributed by atoms with Gasteiger partial charge in [0.1, 0.15) is 0 Å². The molecule has 0 saturated carbocycles. The summed E-state index contributed by atoms with van der Waals surface area (Å²) in [7, 11) is 0. The summed E-state index contributed by atoms with van der Waals surface area (Å²) in [4.78, 5) is 11.8. The maximum atomic E-state index is 11.8. The molecule has 1 heterocycles. The van der Waals surface area contributed by atoms with Crippen molar-refractivity contribution >= 4 is 5.91 Å². The SMILES string of the molecule is Cc1ccc(C2NC(C)CC(C)C2C(N)=O)cc1C. The van der Waals surface area contributed by atoms with E-state index in [0.717, 1.165) is 6.42 Å². The minimum atomic E-state index is -0.199. The van der Waals surface area contributed by atoms with E-state index in [0.29, 0.717) is 12.0 Å². The molecule has 19 heavy (non-hydrogen) atoms. The Morgan fingerprint density at radius 2 is 1.95 bits per heavy atom. The van der Waals surface area contributed by atoms with Crippen molar-refractivity contribution in [2.45, 2.75) is 46.2 Å². The van der Waals surface area contributed by atoms with Crippen molar-refractivity contribution < 1.29 is 4.79 Å². The zero-order chi connectivity index (χ0) is 14.2. The van der Waals surface area contributed by atoms with Crippen molar-refractivity contribution in [2.24, 2.45) is 17.6 Å². The molecule has 3 heteroatoms. The van der Waals surface area contributed by atoms with Gasteiger partial charge >= 0.3 is 0 Å². The van der Waals surface area contributed by atoms with Gasteiger partial charge in [0.2, 0.25) is 5.91 Å². The largest absolute Gasteiger partial charge is 0.369 e. The van der Waals surface area contributed by atoms with E-state index in [-0.39, 0.29) is 17.9 Å². The average molecular weight is 260 g/mol. The molecule has 1 aliphatic rings. The highest BCUT2D eigenvalue weighted by molar-refractivity contribution is 5.78. The Labute approximate surface area is 115 Å². The Morgan fingerprint density at radius 3 is 2.53 bits per heavy atom. The highest BCUT2D eigenvalue weighted by Crippen LogP contribution is 2.35. The minimum absolute atomic E-state index is 0.0375. The number of primary amides is 1. The zero-order valence-corrected chi connectivity index (χ0v) is 12.2. The number of nitrogens with one attached hydrogen (secondary N) is 1. The Bertz CT molecular complexity index is 484. The first-order valence-corrected chi connectivity index (χ1v) is 7.02. The number of hydrogen-bond acceptors (Lipinski definition) is 2. The average Bonchev–Trinajstić information content (AvgIpc) is 2.31. The topological polar surface area (TPSA) is 55.1 Å². The van der Waals surface area contributed by atoms with E-state index in [2.05, 4.69) is 51.2 Å². The Balaban J connectivity index is 2.37. The van der Waals surface area contributed by atoms with Crippen LogP contribution in [0.15, 0.2) is 18.2 Å². The van der Waals surface area contributed by atoms with Crippen molar-refractivity contribution in [3.63, 3.8) is 0 Å². The predicted molar refractivity (Wildman–Crippen MR) is 77.7 cm³/mol. The Hall–Kier alpha value is -1.35. The standard InChI is InChI=1S/C16H24N2O/c1-9-5-6-13(8-10(9)2)15-14(16(17)19)11(3)7-12(4)18-15/h5-6,8,11-12,14-15,18H,7H2,1-4H3,(H2,17,19). The van der Waals surface area contributed by atoms with Crippen LogP contribution in [-0.4, -0.2) is 11.9 Å². The van der Waals surface area contributed by atoms with Crippen LogP contribution in [-0.2, 0) is 4.79 Å². The lowest BCUT2D eigenvalue weighted by molar-refractivity contribution is -0.125. The summed E-state index contributed by atoms with van der Waals surface area (Å²) >= 11 is 0. The van der Waals surface area contributed by atoms with E-state index >= 15 is 0 Å². The van der Waals surface area contributed by atoms with Gasteiger partial charge in [-0.15, -0.1) is 0 Å². The van der Waals surface area contributed by atoms with Gasteiger partial charge in [0, 0.05) is 12.1 Å².